The molecule has 4 rings (SSSR count). The Labute approximate surface area is 169 Å². The zero-order chi connectivity index (χ0) is 19.7. The van der Waals surface area contributed by atoms with Crippen LogP contribution in [0, 0.1) is 4.77 Å². The minimum absolute atomic E-state index is 0.0604. The Hall–Kier alpha value is -2.25. The summed E-state index contributed by atoms with van der Waals surface area (Å²) in [5, 5.41) is 5.42. The second kappa shape index (κ2) is 8.01. The fraction of sp³-hybridized carbons (Fsp3) is 0.476. The van der Waals surface area contributed by atoms with Gasteiger partial charge >= 0.3 is 0 Å². The van der Waals surface area contributed by atoms with E-state index in [0.29, 0.717) is 35.2 Å². The molecule has 0 saturated heterocycles. The molecule has 0 amide bonds. The van der Waals surface area contributed by atoms with Crippen LogP contribution >= 0.6 is 12.2 Å². The molecule has 1 aliphatic carbocycles. The van der Waals surface area contributed by atoms with Crippen molar-refractivity contribution in [3.05, 3.63) is 52.0 Å². The first-order chi connectivity index (χ1) is 13.7. The predicted molar refractivity (Wildman–Crippen MR) is 115 cm³/mol. The van der Waals surface area contributed by atoms with Gasteiger partial charge in [0.25, 0.3) is 5.56 Å². The number of nitrogens with zero attached hydrogens (tertiary/aromatic N) is 5. The van der Waals surface area contributed by atoms with Crippen LogP contribution in [0.25, 0.3) is 16.7 Å². The van der Waals surface area contributed by atoms with Gasteiger partial charge in [-0.25, -0.2) is 4.68 Å². The van der Waals surface area contributed by atoms with Gasteiger partial charge in [0.1, 0.15) is 0 Å². The predicted octanol–water partition coefficient (Wildman–Crippen LogP) is 3.98. The molecule has 3 aromatic rings. The zero-order valence-electron chi connectivity index (χ0n) is 16.4. The molecule has 148 valence electrons. The summed E-state index contributed by atoms with van der Waals surface area (Å²) in [5.41, 5.74) is 0.745. The molecular formula is C21H27N5OS. The summed E-state index contributed by atoms with van der Waals surface area (Å²) in [5.74, 6) is 0.577. The van der Waals surface area contributed by atoms with Crippen molar-refractivity contribution in [1.82, 2.24) is 23.6 Å². The third-order valence-electron chi connectivity index (χ3n) is 5.81. The lowest BCUT2D eigenvalue weighted by atomic mass is 9.94. The topological polar surface area (TPSA) is 47.5 Å². The van der Waals surface area contributed by atoms with Crippen molar-refractivity contribution in [2.75, 3.05) is 6.54 Å². The Bertz CT molecular complexity index is 1120. The van der Waals surface area contributed by atoms with Gasteiger partial charge in [0.2, 0.25) is 10.5 Å². The Kier molecular flexibility index (Phi) is 5.46. The highest BCUT2D eigenvalue weighted by atomic mass is 32.1. The fourth-order valence-corrected chi connectivity index (χ4v) is 4.62. The molecule has 1 aromatic carbocycles. The molecule has 0 radical (unpaired) electrons. The minimum atomic E-state index is -0.0604. The molecule has 0 N–H and O–H groups in total. The molecule has 2 heterocycles. The normalized spacial score (nSPS) is 15.6. The van der Waals surface area contributed by atoms with E-state index in [0.717, 1.165) is 12.1 Å². The summed E-state index contributed by atoms with van der Waals surface area (Å²) < 4.78 is 6.06. The summed E-state index contributed by atoms with van der Waals surface area (Å²) >= 11 is 5.80. The highest BCUT2D eigenvalue weighted by Crippen LogP contribution is 2.23. The van der Waals surface area contributed by atoms with Crippen LogP contribution in [0.4, 0.5) is 0 Å². The molecule has 1 saturated carbocycles. The van der Waals surface area contributed by atoms with Crippen molar-refractivity contribution < 1.29 is 0 Å². The van der Waals surface area contributed by atoms with Crippen LogP contribution in [0.1, 0.15) is 39.0 Å². The standard InChI is InChI=1S/C21H27N5OS/c1-3-14-24-19(27)17-12-8-9-13-18(17)26-20(24)22-25(21(26)28)15-23(4-2)16-10-6-5-7-11-16/h3,8-9,12-13,16H,1,4-7,10-11,14-15H2,2H3. The molecule has 0 bridgehead atoms. The third kappa shape index (κ3) is 3.22. The fourth-order valence-electron chi connectivity index (χ4n) is 4.35. The lowest BCUT2D eigenvalue weighted by Gasteiger charge is -2.33. The van der Waals surface area contributed by atoms with Gasteiger partial charge in [0.15, 0.2) is 0 Å². The number of hydrogen-bond donors (Lipinski definition) is 0. The first kappa shape index (κ1) is 19.1. The van der Waals surface area contributed by atoms with Gasteiger partial charge in [0.05, 0.1) is 17.6 Å². The highest BCUT2D eigenvalue weighted by molar-refractivity contribution is 7.71. The van der Waals surface area contributed by atoms with Crippen molar-refractivity contribution in [3.63, 3.8) is 0 Å². The van der Waals surface area contributed by atoms with Gasteiger partial charge in [-0.1, -0.05) is 44.4 Å². The number of hydrogen-bond acceptors (Lipinski definition) is 4. The van der Waals surface area contributed by atoms with Crippen LogP contribution < -0.4 is 5.56 Å². The molecule has 6 nitrogen and oxygen atoms in total. The number of para-hydroxylation sites is 1. The second-order valence-electron chi connectivity index (χ2n) is 7.48. The highest BCUT2D eigenvalue weighted by Gasteiger charge is 2.22. The van der Waals surface area contributed by atoms with Gasteiger partial charge in [-0.2, -0.15) is 0 Å². The Morgan fingerprint density at radius 1 is 1.29 bits per heavy atom. The van der Waals surface area contributed by atoms with Crippen LogP contribution in [0.3, 0.4) is 0 Å². The van der Waals surface area contributed by atoms with Gasteiger partial charge in [-0.15, -0.1) is 11.7 Å². The number of allylic oxidation sites excluding steroid dienone is 1. The summed E-state index contributed by atoms with van der Waals surface area (Å²) in [6.45, 7) is 8.00. The van der Waals surface area contributed by atoms with E-state index in [-0.39, 0.29) is 5.56 Å². The molecule has 1 fully saturated rings. The number of fused-ring (bicyclic) bond motifs is 3. The molecule has 0 unspecified atom stereocenters. The van der Waals surface area contributed by atoms with E-state index in [1.54, 1.807) is 10.6 Å². The summed E-state index contributed by atoms with van der Waals surface area (Å²) in [7, 11) is 0. The quantitative estimate of drug-likeness (QED) is 0.466. The Balaban J connectivity index is 1.86. The van der Waals surface area contributed by atoms with E-state index in [1.807, 2.05) is 33.3 Å². The largest absolute Gasteiger partial charge is 0.282 e. The van der Waals surface area contributed by atoms with Gasteiger partial charge in [-0.3, -0.25) is 18.7 Å². The van der Waals surface area contributed by atoms with Crippen LogP contribution in [0.2, 0.25) is 0 Å². The Morgan fingerprint density at radius 3 is 2.75 bits per heavy atom. The molecule has 7 heteroatoms. The maximum Gasteiger partial charge on any atom is 0.263 e. The number of aromatic nitrogens is 4. The van der Waals surface area contributed by atoms with Crippen LogP contribution in [-0.2, 0) is 13.2 Å². The first-order valence-corrected chi connectivity index (χ1v) is 10.5. The zero-order valence-corrected chi connectivity index (χ0v) is 17.2. The maximum atomic E-state index is 13.0. The van der Waals surface area contributed by atoms with E-state index in [1.165, 1.54) is 32.1 Å². The van der Waals surface area contributed by atoms with E-state index >= 15 is 0 Å². The molecular weight excluding hydrogens is 370 g/mol. The average Bonchev–Trinajstić information content (AvgIpc) is 3.06. The summed E-state index contributed by atoms with van der Waals surface area (Å²) in [6.07, 6.45) is 8.11. The van der Waals surface area contributed by atoms with Crippen molar-refractivity contribution in [1.29, 1.82) is 0 Å². The van der Waals surface area contributed by atoms with E-state index < -0.39 is 0 Å². The second-order valence-corrected chi connectivity index (χ2v) is 7.84. The third-order valence-corrected chi connectivity index (χ3v) is 6.20. The maximum absolute atomic E-state index is 13.0. The van der Waals surface area contributed by atoms with Gasteiger partial charge in [0, 0.05) is 12.6 Å². The molecule has 0 atom stereocenters. The van der Waals surface area contributed by atoms with Crippen molar-refractivity contribution in [2.24, 2.45) is 0 Å². The Morgan fingerprint density at radius 2 is 2.04 bits per heavy atom. The van der Waals surface area contributed by atoms with Gasteiger partial charge in [-0.05, 0) is 43.7 Å². The summed E-state index contributed by atoms with van der Waals surface area (Å²) in [4.78, 5) is 15.4. The van der Waals surface area contributed by atoms with Gasteiger partial charge < -0.3 is 0 Å². The average molecular weight is 398 g/mol. The summed E-state index contributed by atoms with van der Waals surface area (Å²) in [6, 6.07) is 8.17. The van der Waals surface area contributed by atoms with Crippen LogP contribution in [0.5, 0.6) is 0 Å². The molecule has 0 spiro atoms. The smallest absolute Gasteiger partial charge is 0.263 e. The molecule has 1 aliphatic rings. The molecule has 28 heavy (non-hydrogen) atoms. The van der Waals surface area contributed by atoms with Crippen LogP contribution in [-0.4, -0.2) is 36.2 Å². The number of rotatable bonds is 6. The van der Waals surface area contributed by atoms with Crippen molar-refractivity contribution in [3.8, 4) is 0 Å². The van der Waals surface area contributed by atoms with E-state index in [9.17, 15) is 4.79 Å². The molecule has 0 aliphatic heterocycles. The molecule has 2 aromatic heterocycles. The first-order valence-electron chi connectivity index (χ1n) is 10.1. The monoisotopic (exact) mass is 397 g/mol. The minimum Gasteiger partial charge on any atom is -0.282 e. The SMILES string of the molecule is C=CCn1c(=O)c2ccccc2n2c(=S)n(CN(CC)C3CCCCC3)nc12. The lowest BCUT2D eigenvalue weighted by Crippen LogP contribution is -2.38. The van der Waals surface area contributed by atoms with Crippen molar-refractivity contribution >= 4 is 28.9 Å². The lowest BCUT2D eigenvalue weighted by molar-refractivity contribution is 0.119. The van der Waals surface area contributed by atoms with E-state index in [4.69, 9.17) is 17.3 Å². The number of benzene rings is 1. The van der Waals surface area contributed by atoms with E-state index in [2.05, 4.69) is 18.4 Å². The van der Waals surface area contributed by atoms with Crippen molar-refractivity contribution in [2.45, 2.75) is 58.3 Å². The van der Waals surface area contributed by atoms with Crippen LogP contribution in [0.15, 0.2) is 41.7 Å².